The fraction of sp³-hybridized carbons (Fsp3) is 0.400. The number of non-ortho nitro benzene ring substituents is 1. The summed E-state index contributed by atoms with van der Waals surface area (Å²) in [6.45, 7) is 1.51. The Labute approximate surface area is 131 Å². The number of nitro groups is 1. The summed E-state index contributed by atoms with van der Waals surface area (Å²) in [7, 11) is 0. The fourth-order valence-corrected chi connectivity index (χ4v) is 2.69. The molecule has 0 saturated heterocycles. The summed E-state index contributed by atoms with van der Waals surface area (Å²) in [5, 5.41) is 13.5. The molecule has 1 saturated carbocycles. The van der Waals surface area contributed by atoms with Crippen LogP contribution >= 0.6 is 0 Å². The Bertz CT molecular complexity index is 726. The first-order valence-electron chi connectivity index (χ1n) is 7.32. The lowest BCUT2D eigenvalue weighted by Crippen LogP contribution is -2.43. The number of hydrogen-bond acceptors (Lipinski definition) is 5. The minimum Gasteiger partial charge on any atom is -0.352 e. The minimum absolute atomic E-state index is 0.0127. The summed E-state index contributed by atoms with van der Waals surface area (Å²) in [6.07, 6.45) is 2.14. The van der Waals surface area contributed by atoms with Gasteiger partial charge in [0.25, 0.3) is 17.5 Å². The molecule has 0 aromatic heterocycles. The van der Waals surface area contributed by atoms with Crippen molar-refractivity contribution < 1.29 is 19.3 Å². The van der Waals surface area contributed by atoms with E-state index in [-0.39, 0.29) is 29.4 Å². The maximum absolute atomic E-state index is 12.3. The van der Waals surface area contributed by atoms with Gasteiger partial charge in [-0.15, -0.1) is 0 Å². The van der Waals surface area contributed by atoms with Crippen molar-refractivity contribution in [1.29, 1.82) is 0 Å². The van der Waals surface area contributed by atoms with Gasteiger partial charge in [0.2, 0.25) is 5.91 Å². The predicted molar refractivity (Wildman–Crippen MR) is 78.8 cm³/mol. The van der Waals surface area contributed by atoms with Gasteiger partial charge in [-0.2, -0.15) is 0 Å². The Balaban J connectivity index is 1.74. The molecule has 0 spiro atoms. The summed E-state index contributed by atoms with van der Waals surface area (Å²) in [5.41, 5.74) is -0.213. The zero-order valence-corrected chi connectivity index (χ0v) is 12.4. The molecule has 23 heavy (non-hydrogen) atoms. The van der Waals surface area contributed by atoms with Gasteiger partial charge < -0.3 is 5.32 Å². The van der Waals surface area contributed by atoms with Gasteiger partial charge in [0.05, 0.1) is 16.1 Å². The van der Waals surface area contributed by atoms with Gasteiger partial charge >= 0.3 is 0 Å². The second-order valence-corrected chi connectivity index (χ2v) is 5.88. The van der Waals surface area contributed by atoms with Crippen LogP contribution in [0.3, 0.4) is 0 Å². The Morgan fingerprint density at radius 2 is 2.00 bits per heavy atom. The van der Waals surface area contributed by atoms with Crippen molar-refractivity contribution in [2.45, 2.75) is 25.8 Å². The highest BCUT2D eigenvalue weighted by atomic mass is 16.6. The van der Waals surface area contributed by atoms with E-state index in [1.807, 2.05) is 6.92 Å². The van der Waals surface area contributed by atoms with Gasteiger partial charge in [0, 0.05) is 18.2 Å². The monoisotopic (exact) mass is 317 g/mol. The molecule has 8 nitrogen and oxygen atoms in total. The van der Waals surface area contributed by atoms with Crippen molar-refractivity contribution >= 4 is 23.4 Å². The predicted octanol–water partition coefficient (Wildman–Crippen LogP) is 1.11. The van der Waals surface area contributed by atoms with Crippen molar-refractivity contribution in [3.05, 3.63) is 39.4 Å². The molecule has 0 radical (unpaired) electrons. The number of carbonyl (C=O) groups excluding carboxylic acids is 3. The smallest absolute Gasteiger partial charge is 0.270 e. The molecular weight excluding hydrogens is 302 g/mol. The summed E-state index contributed by atoms with van der Waals surface area (Å²) >= 11 is 0. The van der Waals surface area contributed by atoms with Crippen molar-refractivity contribution in [2.24, 2.45) is 5.92 Å². The molecule has 1 aliphatic carbocycles. The van der Waals surface area contributed by atoms with Crippen LogP contribution in [0.5, 0.6) is 0 Å². The first kappa shape index (κ1) is 15.1. The van der Waals surface area contributed by atoms with Crippen LogP contribution in [0.1, 0.15) is 40.5 Å². The number of hydrogen-bond donors (Lipinski definition) is 1. The average Bonchev–Trinajstić information content (AvgIpc) is 3.32. The Morgan fingerprint density at radius 3 is 2.61 bits per heavy atom. The number of nitro benzene ring substituents is 1. The van der Waals surface area contributed by atoms with Crippen molar-refractivity contribution in [2.75, 3.05) is 6.54 Å². The summed E-state index contributed by atoms with van der Waals surface area (Å²) < 4.78 is 0. The number of imide groups is 1. The number of nitrogens with zero attached hydrogens (tertiary/aromatic N) is 2. The highest BCUT2D eigenvalue weighted by molar-refractivity contribution is 6.22. The molecule has 1 aromatic rings. The van der Waals surface area contributed by atoms with Gasteiger partial charge in [0.1, 0.15) is 6.54 Å². The Hall–Kier alpha value is -2.77. The van der Waals surface area contributed by atoms with Crippen LogP contribution in [-0.4, -0.2) is 40.1 Å². The van der Waals surface area contributed by atoms with E-state index in [9.17, 15) is 24.5 Å². The largest absolute Gasteiger partial charge is 0.352 e. The van der Waals surface area contributed by atoms with E-state index in [1.165, 1.54) is 12.1 Å². The summed E-state index contributed by atoms with van der Waals surface area (Å²) in [6, 6.07) is 3.50. The fourth-order valence-electron chi connectivity index (χ4n) is 2.69. The van der Waals surface area contributed by atoms with Crippen LogP contribution in [0.25, 0.3) is 0 Å². The number of nitrogens with one attached hydrogen (secondary N) is 1. The highest BCUT2D eigenvalue weighted by Gasteiger charge is 2.38. The second kappa shape index (κ2) is 5.45. The first-order valence-corrected chi connectivity index (χ1v) is 7.32. The normalized spacial score (nSPS) is 17.9. The van der Waals surface area contributed by atoms with E-state index in [2.05, 4.69) is 5.32 Å². The number of fused-ring (bicyclic) bond motifs is 1. The van der Waals surface area contributed by atoms with E-state index in [4.69, 9.17) is 0 Å². The van der Waals surface area contributed by atoms with Gasteiger partial charge in [-0.05, 0) is 31.7 Å². The van der Waals surface area contributed by atoms with E-state index in [1.54, 1.807) is 0 Å². The molecule has 1 heterocycles. The number of rotatable bonds is 5. The SMILES string of the molecule is C[C@@H](NC(=O)CN1C(=O)c2ccc([N+](=O)[O-])cc2C1=O)C1CC1. The molecule has 0 unspecified atom stereocenters. The summed E-state index contributed by atoms with van der Waals surface area (Å²) in [4.78, 5) is 47.4. The topological polar surface area (TPSA) is 110 Å². The Morgan fingerprint density at radius 1 is 1.35 bits per heavy atom. The molecular formula is C15H15N3O5. The maximum Gasteiger partial charge on any atom is 0.270 e. The van der Waals surface area contributed by atoms with Crippen molar-refractivity contribution in [3.8, 4) is 0 Å². The lowest BCUT2D eigenvalue weighted by molar-refractivity contribution is -0.384. The van der Waals surface area contributed by atoms with Crippen molar-refractivity contribution in [1.82, 2.24) is 10.2 Å². The molecule has 2 aliphatic rings. The zero-order chi connectivity index (χ0) is 16.7. The van der Waals surface area contributed by atoms with Gasteiger partial charge in [0.15, 0.2) is 0 Å². The van der Waals surface area contributed by atoms with Gasteiger partial charge in [-0.1, -0.05) is 0 Å². The molecule has 3 rings (SSSR count). The van der Waals surface area contributed by atoms with Crippen LogP contribution in [0, 0.1) is 16.0 Å². The van der Waals surface area contributed by atoms with Crippen LogP contribution in [0.15, 0.2) is 18.2 Å². The number of carbonyl (C=O) groups is 3. The minimum atomic E-state index is -0.678. The summed E-state index contributed by atoms with van der Waals surface area (Å²) in [5.74, 6) is -1.23. The quantitative estimate of drug-likeness (QED) is 0.497. The average molecular weight is 317 g/mol. The number of amides is 3. The van der Waals surface area contributed by atoms with Gasteiger partial charge in [-0.3, -0.25) is 29.4 Å². The third kappa shape index (κ3) is 2.79. The molecule has 0 bridgehead atoms. The zero-order valence-electron chi connectivity index (χ0n) is 12.4. The second-order valence-electron chi connectivity index (χ2n) is 5.88. The molecule has 1 atom stereocenters. The van der Waals surface area contributed by atoms with E-state index >= 15 is 0 Å². The lowest BCUT2D eigenvalue weighted by Gasteiger charge is -2.17. The molecule has 120 valence electrons. The van der Waals surface area contributed by atoms with Crippen LogP contribution < -0.4 is 5.32 Å². The Kier molecular flexibility index (Phi) is 3.59. The van der Waals surface area contributed by atoms with E-state index in [0.29, 0.717) is 5.92 Å². The van der Waals surface area contributed by atoms with E-state index in [0.717, 1.165) is 23.8 Å². The van der Waals surface area contributed by atoms with Crippen LogP contribution in [0.4, 0.5) is 5.69 Å². The molecule has 3 amide bonds. The van der Waals surface area contributed by atoms with E-state index < -0.39 is 22.6 Å². The van der Waals surface area contributed by atoms with Crippen molar-refractivity contribution in [3.63, 3.8) is 0 Å². The first-order chi connectivity index (χ1) is 10.9. The molecule has 1 aromatic carbocycles. The van der Waals surface area contributed by atoms with Crippen LogP contribution in [-0.2, 0) is 4.79 Å². The highest BCUT2D eigenvalue weighted by Crippen LogP contribution is 2.32. The molecule has 8 heteroatoms. The number of benzene rings is 1. The third-order valence-corrected chi connectivity index (χ3v) is 4.18. The van der Waals surface area contributed by atoms with Crippen LogP contribution in [0.2, 0.25) is 0 Å². The standard InChI is InChI=1S/C15H15N3O5/c1-8(9-2-3-9)16-13(19)7-17-14(20)11-5-4-10(18(22)23)6-12(11)15(17)21/h4-6,8-9H,2-3,7H2,1H3,(H,16,19)/t8-/m1/s1. The maximum atomic E-state index is 12.3. The lowest BCUT2D eigenvalue weighted by atomic mass is 10.1. The molecule has 1 aliphatic heterocycles. The van der Waals surface area contributed by atoms with Gasteiger partial charge in [-0.25, -0.2) is 0 Å². The molecule has 1 N–H and O–H groups in total. The third-order valence-electron chi connectivity index (χ3n) is 4.18. The molecule has 1 fully saturated rings.